The fraction of sp³-hybridized carbons (Fsp3) is 0.167. The van der Waals surface area contributed by atoms with Gasteiger partial charge in [-0.15, -0.1) is 0 Å². The molecule has 1 aliphatic rings. The van der Waals surface area contributed by atoms with E-state index in [-0.39, 0.29) is 0 Å². The van der Waals surface area contributed by atoms with Crippen LogP contribution in [0.1, 0.15) is 54.9 Å². The van der Waals surface area contributed by atoms with E-state index in [0.29, 0.717) is 11.1 Å². The Labute approximate surface area is 269 Å². The molecule has 208 valence electrons. The lowest BCUT2D eigenvalue weighted by atomic mass is 10.0. The van der Waals surface area contributed by atoms with Crippen LogP contribution in [0.4, 0.5) is 11.4 Å². The van der Waals surface area contributed by atoms with Gasteiger partial charge in [-0.25, -0.2) is 0 Å². The fourth-order valence-electron chi connectivity index (χ4n) is 5.02. The molecule has 5 rings (SSSR count). The van der Waals surface area contributed by atoms with Gasteiger partial charge in [-0.2, -0.15) is 10.5 Å². The summed E-state index contributed by atoms with van der Waals surface area (Å²) in [5.41, 5.74) is 7.38. The first-order chi connectivity index (χ1) is 20.5. The summed E-state index contributed by atoms with van der Waals surface area (Å²) in [6.07, 6.45) is 8.66. The second-order valence-electron chi connectivity index (χ2n) is 10.1. The van der Waals surface area contributed by atoms with E-state index in [1.165, 1.54) is 30.6 Å². The van der Waals surface area contributed by atoms with Crippen molar-refractivity contribution in [2.45, 2.75) is 42.4 Å². The van der Waals surface area contributed by atoms with Crippen LogP contribution in [0.2, 0.25) is 0 Å². The molecule has 4 aromatic rings. The molecule has 0 bridgehead atoms. The fourth-order valence-corrected chi connectivity index (χ4v) is 6.78. The van der Waals surface area contributed by atoms with Gasteiger partial charge in [0, 0.05) is 25.3 Å². The highest BCUT2D eigenvalue weighted by molar-refractivity contribution is 9.10. The third-order valence-electron chi connectivity index (χ3n) is 7.20. The third-order valence-corrected chi connectivity index (χ3v) is 9.45. The van der Waals surface area contributed by atoms with Crippen LogP contribution in [-0.2, 0) is 0 Å². The smallest absolute Gasteiger partial charge is 0.0998 e. The first-order valence-corrected chi connectivity index (χ1v) is 16.4. The molecule has 0 atom stereocenters. The predicted octanol–water partition coefficient (Wildman–Crippen LogP) is 11.5. The standard InChI is InChI=1S/C36H29Br2N3S/c1-2-3-4-5-19-41-33-18-9-25(20-29(23-39)26-10-14-31(37)15-11-26)21-35(33)42-36-28(7-6-8-34(36)41)22-30(24-40)27-12-16-32(38)17-13-27/h6-18,20-22H,2-5,19H2,1H3/b29-20+,30-22+. The minimum atomic E-state index is 0.622. The van der Waals surface area contributed by atoms with E-state index in [1.54, 1.807) is 11.8 Å². The van der Waals surface area contributed by atoms with E-state index < -0.39 is 0 Å². The molecule has 0 N–H and O–H groups in total. The summed E-state index contributed by atoms with van der Waals surface area (Å²) in [5.74, 6) is 0. The van der Waals surface area contributed by atoms with E-state index in [1.807, 2.05) is 60.7 Å². The number of nitriles is 2. The maximum Gasteiger partial charge on any atom is 0.0998 e. The van der Waals surface area contributed by atoms with Gasteiger partial charge in [0.15, 0.2) is 0 Å². The highest BCUT2D eigenvalue weighted by atomic mass is 79.9. The van der Waals surface area contributed by atoms with E-state index >= 15 is 0 Å². The summed E-state index contributed by atoms with van der Waals surface area (Å²) in [4.78, 5) is 4.70. The van der Waals surface area contributed by atoms with Crippen molar-refractivity contribution in [3.63, 3.8) is 0 Å². The number of benzene rings is 4. The average molecular weight is 696 g/mol. The zero-order chi connectivity index (χ0) is 29.5. The molecule has 0 aliphatic carbocycles. The number of nitrogens with zero attached hydrogens (tertiary/aromatic N) is 3. The summed E-state index contributed by atoms with van der Waals surface area (Å²) in [7, 11) is 0. The largest absolute Gasteiger partial charge is 0.340 e. The van der Waals surface area contributed by atoms with Crippen LogP contribution in [0.5, 0.6) is 0 Å². The van der Waals surface area contributed by atoms with E-state index in [0.717, 1.165) is 54.0 Å². The number of hydrogen-bond donors (Lipinski definition) is 0. The zero-order valence-electron chi connectivity index (χ0n) is 23.3. The van der Waals surface area contributed by atoms with Crippen molar-refractivity contribution in [1.29, 1.82) is 10.5 Å². The van der Waals surface area contributed by atoms with Crippen molar-refractivity contribution in [2.24, 2.45) is 0 Å². The van der Waals surface area contributed by atoms with Crippen LogP contribution in [0, 0.1) is 22.7 Å². The molecule has 0 amide bonds. The van der Waals surface area contributed by atoms with Crippen molar-refractivity contribution in [2.75, 3.05) is 11.4 Å². The molecule has 0 aromatic heterocycles. The summed E-state index contributed by atoms with van der Waals surface area (Å²) < 4.78 is 1.96. The van der Waals surface area contributed by atoms with Gasteiger partial charge < -0.3 is 4.90 Å². The molecule has 0 spiro atoms. The second-order valence-corrected chi connectivity index (χ2v) is 13.0. The highest BCUT2D eigenvalue weighted by Crippen LogP contribution is 2.50. The van der Waals surface area contributed by atoms with E-state index in [9.17, 15) is 10.5 Å². The molecule has 42 heavy (non-hydrogen) atoms. The second kappa shape index (κ2) is 14.1. The number of halogens is 2. The molecule has 0 unspecified atom stereocenters. The van der Waals surface area contributed by atoms with Crippen LogP contribution in [0.15, 0.2) is 104 Å². The number of anilines is 2. The maximum atomic E-state index is 10.1. The summed E-state index contributed by atoms with van der Waals surface area (Å²) in [6.45, 7) is 3.15. The van der Waals surface area contributed by atoms with Crippen molar-refractivity contribution < 1.29 is 0 Å². The zero-order valence-corrected chi connectivity index (χ0v) is 27.3. The van der Waals surface area contributed by atoms with Gasteiger partial charge in [0.2, 0.25) is 0 Å². The van der Waals surface area contributed by atoms with Crippen molar-refractivity contribution >= 4 is 78.3 Å². The first kappa shape index (κ1) is 29.9. The highest BCUT2D eigenvalue weighted by Gasteiger charge is 2.25. The number of allylic oxidation sites excluding steroid dienone is 2. The van der Waals surface area contributed by atoms with Gasteiger partial charge >= 0.3 is 0 Å². The van der Waals surface area contributed by atoms with Crippen molar-refractivity contribution in [3.8, 4) is 12.1 Å². The average Bonchev–Trinajstić information content (AvgIpc) is 3.01. The van der Waals surface area contributed by atoms with Gasteiger partial charge in [-0.05, 0) is 83.3 Å². The lowest BCUT2D eigenvalue weighted by Crippen LogP contribution is -2.22. The molecule has 3 nitrogen and oxygen atoms in total. The van der Waals surface area contributed by atoms with Crippen LogP contribution in [0.25, 0.3) is 23.3 Å². The monoisotopic (exact) mass is 693 g/mol. The Morgan fingerprint density at radius 1 is 0.762 bits per heavy atom. The number of fused-ring (bicyclic) bond motifs is 2. The van der Waals surface area contributed by atoms with E-state index in [4.69, 9.17) is 0 Å². The minimum Gasteiger partial charge on any atom is -0.340 e. The molecule has 1 aliphatic heterocycles. The maximum absolute atomic E-state index is 10.1. The van der Waals surface area contributed by atoms with Crippen LogP contribution < -0.4 is 4.90 Å². The normalized spacial score (nSPS) is 12.7. The molecular weight excluding hydrogens is 666 g/mol. The summed E-state index contributed by atoms with van der Waals surface area (Å²) in [6, 6.07) is 33.3. The molecule has 4 aromatic carbocycles. The summed E-state index contributed by atoms with van der Waals surface area (Å²) in [5, 5.41) is 20.0. The molecular formula is C36H29Br2N3S. The van der Waals surface area contributed by atoms with Crippen LogP contribution in [0.3, 0.4) is 0 Å². The minimum absolute atomic E-state index is 0.622. The Morgan fingerprint density at radius 3 is 2.02 bits per heavy atom. The topological polar surface area (TPSA) is 50.8 Å². The molecule has 0 saturated carbocycles. The quantitative estimate of drug-likeness (QED) is 0.0994. The van der Waals surface area contributed by atoms with E-state index in [2.05, 4.69) is 92.2 Å². The SMILES string of the molecule is CCCCCCN1c2ccc(/C=C(\C#N)c3ccc(Br)cc3)cc2Sc2c(/C=C(\C#N)c3ccc(Br)cc3)cccc21. The predicted molar refractivity (Wildman–Crippen MR) is 183 cm³/mol. The molecule has 0 radical (unpaired) electrons. The molecule has 0 saturated heterocycles. The van der Waals surface area contributed by atoms with Crippen molar-refractivity contribution in [3.05, 3.63) is 116 Å². The molecule has 0 fully saturated rings. The molecule has 1 heterocycles. The number of rotatable bonds is 9. The van der Waals surface area contributed by atoms with Crippen molar-refractivity contribution in [1.82, 2.24) is 0 Å². The van der Waals surface area contributed by atoms with Crippen LogP contribution in [-0.4, -0.2) is 6.54 Å². The number of unbranched alkanes of at least 4 members (excludes halogenated alkanes) is 3. The van der Waals surface area contributed by atoms with Gasteiger partial charge in [0.1, 0.15) is 0 Å². The third kappa shape index (κ3) is 6.90. The van der Waals surface area contributed by atoms with Gasteiger partial charge in [-0.1, -0.05) is 112 Å². The lowest BCUT2D eigenvalue weighted by molar-refractivity contribution is 0.665. The van der Waals surface area contributed by atoms with Crippen LogP contribution >= 0.6 is 43.6 Å². The molecule has 6 heteroatoms. The Bertz CT molecular complexity index is 1730. The van der Waals surface area contributed by atoms with Gasteiger partial charge in [0.05, 0.1) is 34.7 Å². The Hall–Kier alpha value is -3.55. The van der Waals surface area contributed by atoms with Gasteiger partial charge in [0.25, 0.3) is 0 Å². The Balaban J connectivity index is 1.57. The Kier molecular flexibility index (Phi) is 10.0. The summed E-state index contributed by atoms with van der Waals surface area (Å²) >= 11 is 8.70. The van der Waals surface area contributed by atoms with Gasteiger partial charge in [-0.3, -0.25) is 0 Å². The first-order valence-electron chi connectivity index (χ1n) is 14.0. The lowest BCUT2D eigenvalue weighted by Gasteiger charge is -2.34. The number of hydrogen-bond acceptors (Lipinski definition) is 4. The Morgan fingerprint density at radius 2 is 1.40 bits per heavy atom.